The molecule has 1 heterocycles. The third-order valence-electron chi connectivity index (χ3n) is 4.66. The standard InChI is InChI=1S/C23H24N2O3/c1-17(26)20(15-18-9-4-2-5-10-18)25-22(27)16-24-23(21-13-8-14-28-21)19-11-6-3-7-12-19/h2-14,20,23-24H,15-16H2,1H3,(H,25,27)/p+1/t20-,23+/m1/s1. The first-order valence-electron chi connectivity index (χ1n) is 9.39. The molecule has 0 saturated carbocycles. The van der Waals surface area contributed by atoms with Gasteiger partial charge in [0.15, 0.2) is 24.1 Å². The molecule has 0 aliphatic heterocycles. The number of furan rings is 1. The number of carbonyl (C=O) groups is 2. The van der Waals surface area contributed by atoms with Crippen LogP contribution in [0.5, 0.6) is 0 Å². The summed E-state index contributed by atoms with van der Waals surface area (Å²) in [5.74, 6) is 0.554. The third kappa shape index (κ3) is 5.41. The van der Waals surface area contributed by atoms with Crippen LogP contribution >= 0.6 is 0 Å². The summed E-state index contributed by atoms with van der Waals surface area (Å²) in [4.78, 5) is 24.5. The van der Waals surface area contributed by atoms with E-state index >= 15 is 0 Å². The largest absolute Gasteiger partial charge is 0.463 e. The molecule has 0 fully saturated rings. The van der Waals surface area contributed by atoms with E-state index in [0.29, 0.717) is 6.42 Å². The maximum atomic E-state index is 12.5. The zero-order valence-corrected chi connectivity index (χ0v) is 15.9. The van der Waals surface area contributed by atoms with Crippen LogP contribution in [0.25, 0.3) is 0 Å². The lowest BCUT2D eigenvalue weighted by Gasteiger charge is -2.17. The monoisotopic (exact) mass is 377 g/mol. The SMILES string of the molecule is CC(=O)[C@@H](Cc1ccccc1)NC(=O)C[NH2+][C@@H](c1ccccc1)c1ccco1. The minimum Gasteiger partial charge on any atom is -0.463 e. The number of ketones is 1. The molecule has 3 rings (SSSR count). The van der Waals surface area contributed by atoms with E-state index in [2.05, 4.69) is 5.32 Å². The summed E-state index contributed by atoms with van der Waals surface area (Å²) in [7, 11) is 0. The van der Waals surface area contributed by atoms with Crippen molar-refractivity contribution in [3.8, 4) is 0 Å². The van der Waals surface area contributed by atoms with E-state index in [4.69, 9.17) is 4.42 Å². The highest BCUT2D eigenvalue weighted by molar-refractivity contribution is 5.88. The van der Waals surface area contributed by atoms with Crippen molar-refractivity contribution in [3.05, 3.63) is 95.9 Å². The first-order chi connectivity index (χ1) is 13.6. The van der Waals surface area contributed by atoms with E-state index in [1.807, 2.05) is 78.1 Å². The van der Waals surface area contributed by atoms with Crippen LogP contribution in [0.15, 0.2) is 83.5 Å². The molecule has 0 aliphatic rings. The molecular formula is C23H25N2O3+. The second kappa shape index (κ2) is 9.67. The van der Waals surface area contributed by atoms with Crippen molar-refractivity contribution in [2.75, 3.05) is 6.54 Å². The number of benzene rings is 2. The van der Waals surface area contributed by atoms with Crippen molar-refractivity contribution < 1.29 is 19.3 Å². The van der Waals surface area contributed by atoms with Crippen LogP contribution in [0.3, 0.4) is 0 Å². The molecule has 0 bridgehead atoms. The van der Waals surface area contributed by atoms with Crippen LogP contribution < -0.4 is 10.6 Å². The Kier molecular flexibility index (Phi) is 6.76. The first-order valence-corrected chi connectivity index (χ1v) is 9.39. The van der Waals surface area contributed by atoms with Gasteiger partial charge in [0.1, 0.15) is 0 Å². The van der Waals surface area contributed by atoms with E-state index in [-0.39, 0.29) is 24.3 Å². The topological polar surface area (TPSA) is 75.9 Å². The smallest absolute Gasteiger partial charge is 0.275 e. The summed E-state index contributed by atoms with van der Waals surface area (Å²) in [6.07, 6.45) is 2.12. The van der Waals surface area contributed by atoms with Crippen LogP contribution in [0, 0.1) is 0 Å². The van der Waals surface area contributed by atoms with Gasteiger partial charge in [-0.2, -0.15) is 0 Å². The molecular weight excluding hydrogens is 352 g/mol. The lowest BCUT2D eigenvalue weighted by molar-refractivity contribution is -0.678. The average molecular weight is 377 g/mol. The lowest BCUT2D eigenvalue weighted by atomic mass is 10.0. The van der Waals surface area contributed by atoms with E-state index in [0.717, 1.165) is 16.9 Å². The maximum Gasteiger partial charge on any atom is 0.275 e. The predicted octanol–water partition coefficient (Wildman–Crippen LogP) is 2.25. The summed E-state index contributed by atoms with van der Waals surface area (Å²) in [6, 6.07) is 22.7. The van der Waals surface area contributed by atoms with Gasteiger partial charge >= 0.3 is 0 Å². The molecule has 0 spiro atoms. The van der Waals surface area contributed by atoms with Crippen molar-refractivity contribution in [2.45, 2.75) is 25.4 Å². The van der Waals surface area contributed by atoms with Gasteiger partial charge in [-0.15, -0.1) is 0 Å². The Labute approximate surface area is 164 Å². The second-order valence-electron chi connectivity index (χ2n) is 6.76. The number of Topliss-reactive ketones (excluding diaryl/α,β-unsaturated/α-hetero) is 1. The van der Waals surface area contributed by atoms with Crippen molar-refractivity contribution >= 4 is 11.7 Å². The van der Waals surface area contributed by atoms with Gasteiger partial charge in [0.05, 0.1) is 12.3 Å². The number of hydrogen-bond acceptors (Lipinski definition) is 3. The van der Waals surface area contributed by atoms with Gasteiger partial charge in [-0.25, -0.2) is 0 Å². The molecule has 28 heavy (non-hydrogen) atoms. The fourth-order valence-electron chi connectivity index (χ4n) is 3.17. The molecule has 0 radical (unpaired) electrons. The Morgan fingerprint density at radius 2 is 1.64 bits per heavy atom. The van der Waals surface area contributed by atoms with Crippen LogP contribution in [-0.2, 0) is 16.0 Å². The van der Waals surface area contributed by atoms with E-state index in [9.17, 15) is 9.59 Å². The number of amides is 1. The maximum absolute atomic E-state index is 12.5. The Morgan fingerprint density at radius 3 is 2.25 bits per heavy atom. The molecule has 1 aromatic heterocycles. The van der Waals surface area contributed by atoms with Gasteiger partial charge in [0, 0.05) is 5.56 Å². The molecule has 2 aromatic carbocycles. The molecule has 0 aliphatic carbocycles. The van der Waals surface area contributed by atoms with Crippen molar-refractivity contribution in [1.82, 2.24) is 5.32 Å². The molecule has 1 amide bonds. The predicted molar refractivity (Wildman–Crippen MR) is 107 cm³/mol. The fourth-order valence-corrected chi connectivity index (χ4v) is 3.17. The molecule has 0 saturated heterocycles. The number of rotatable bonds is 9. The van der Waals surface area contributed by atoms with Gasteiger partial charge in [0.2, 0.25) is 0 Å². The number of carbonyl (C=O) groups excluding carboxylic acids is 2. The quantitative estimate of drug-likeness (QED) is 0.601. The van der Waals surface area contributed by atoms with Crippen molar-refractivity contribution in [2.24, 2.45) is 0 Å². The van der Waals surface area contributed by atoms with Gasteiger partial charge in [-0.3, -0.25) is 9.59 Å². The zero-order valence-electron chi connectivity index (χ0n) is 15.9. The normalized spacial score (nSPS) is 12.9. The molecule has 5 nitrogen and oxygen atoms in total. The molecule has 2 atom stereocenters. The van der Waals surface area contributed by atoms with Gasteiger partial charge in [0.25, 0.3) is 5.91 Å². The summed E-state index contributed by atoms with van der Waals surface area (Å²) < 4.78 is 5.56. The van der Waals surface area contributed by atoms with Gasteiger partial charge in [-0.1, -0.05) is 60.7 Å². The fraction of sp³-hybridized carbons (Fsp3) is 0.217. The molecule has 144 valence electrons. The minimum atomic E-state index is -0.526. The lowest BCUT2D eigenvalue weighted by Crippen LogP contribution is -2.88. The van der Waals surface area contributed by atoms with Crippen molar-refractivity contribution in [3.63, 3.8) is 0 Å². The third-order valence-corrected chi connectivity index (χ3v) is 4.66. The van der Waals surface area contributed by atoms with E-state index in [1.165, 1.54) is 6.92 Å². The molecule has 0 unspecified atom stereocenters. The Bertz CT molecular complexity index is 877. The van der Waals surface area contributed by atoms with E-state index in [1.54, 1.807) is 6.26 Å². The van der Waals surface area contributed by atoms with Gasteiger partial charge in [-0.05, 0) is 31.0 Å². The Morgan fingerprint density at radius 1 is 0.964 bits per heavy atom. The average Bonchev–Trinajstić information content (AvgIpc) is 3.24. The number of quaternary nitrogens is 1. The molecule has 5 heteroatoms. The first kappa shape index (κ1) is 19.6. The second-order valence-corrected chi connectivity index (χ2v) is 6.76. The highest BCUT2D eigenvalue weighted by Gasteiger charge is 2.23. The Balaban J connectivity index is 1.63. The van der Waals surface area contributed by atoms with Crippen LogP contribution in [-0.4, -0.2) is 24.3 Å². The molecule has 3 aromatic rings. The van der Waals surface area contributed by atoms with Crippen LogP contribution in [0.4, 0.5) is 0 Å². The summed E-state index contributed by atoms with van der Waals surface area (Å²) in [5.41, 5.74) is 2.07. The molecule has 3 N–H and O–H groups in total. The highest BCUT2D eigenvalue weighted by Crippen LogP contribution is 2.18. The van der Waals surface area contributed by atoms with Crippen LogP contribution in [0.1, 0.15) is 29.9 Å². The summed E-state index contributed by atoms with van der Waals surface area (Å²) in [6.45, 7) is 1.70. The number of nitrogens with one attached hydrogen (secondary N) is 1. The van der Waals surface area contributed by atoms with Crippen LogP contribution in [0.2, 0.25) is 0 Å². The van der Waals surface area contributed by atoms with Gasteiger partial charge < -0.3 is 15.1 Å². The zero-order chi connectivity index (χ0) is 19.8. The minimum absolute atomic E-state index is 0.0529. The summed E-state index contributed by atoms with van der Waals surface area (Å²) in [5, 5.41) is 4.79. The number of hydrogen-bond donors (Lipinski definition) is 2. The summed E-state index contributed by atoms with van der Waals surface area (Å²) >= 11 is 0. The van der Waals surface area contributed by atoms with E-state index < -0.39 is 6.04 Å². The highest BCUT2D eigenvalue weighted by atomic mass is 16.3. The van der Waals surface area contributed by atoms with Crippen molar-refractivity contribution in [1.29, 1.82) is 0 Å². The number of nitrogens with two attached hydrogens (primary N) is 1. The Hall–Kier alpha value is -3.18.